The van der Waals surface area contributed by atoms with Gasteiger partial charge in [0.25, 0.3) is 0 Å². The molecule has 0 spiro atoms. The van der Waals surface area contributed by atoms with Crippen LogP contribution in [0.25, 0.3) is 0 Å². The first kappa shape index (κ1) is 17.1. The number of aliphatic hydroxyl groups excluding tert-OH is 1. The summed E-state index contributed by atoms with van der Waals surface area (Å²) >= 11 is 0. The molecular formula is C15H25NO3S. The summed E-state index contributed by atoms with van der Waals surface area (Å²) < 4.78 is 26.7. The van der Waals surface area contributed by atoms with E-state index in [2.05, 4.69) is 13.8 Å². The highest BCUT2D eigenvalue weighted by molar-refractivity contribution is 7.89. The Morgan fingerprint density at radius 3 is 2.35 bits per heavy atom. The van der Waals surface area contributed by atoms with Crippen molar-refractivity contribution in [3.8, 4) is 0 Å². The molecule has 4 nitrogen and oxygen atoms in total. The highest BCUT2D eigenvalue weighted by Crippen LogP contribution is 2.24. The molecule has 114 valence electrons. The van der Waals surface area contributed by atoms with Gasteiger partial charge in [0.1, 0.15) is 0 Å². The minimum Gasteiger partial charge on any atom is -0.392 e. The zero-order valence-electron chi connectivity index (χ0n) is 13.0. The van der Waals surface area contributed by atoms with Crippen molar-refractivity contribution in [3.05, 3.63) is 28.8 Å². The lowest BCUT2D eigenvalue weighted by Crippen LogP contribution is -2.29. The molecule has 0 aromatic heterocycles. The molecule has 0 aliphatic heterocycles. The van der Waals surface area contributed by atoms with Crippen molar-refractivity contribution in [1.29, 1.82) is 0 Å². The molecule has 0 aliphatic rings. The number of rotatable bonds is 6. The molecule has 1 N–H and O–H groups in total. The first-order valence-corrected chi connectivity index (χ1v) is 8.31. The Balaban J connectivity index is 3.18. The second kappa shape index (κ2) is 6.70. The van der Waals surface area contributed by atoms with Crippen LogP contribution in [0.4, 0.5) is 0 Å². The van der Waals surface area contributed by atoms with Gasteiger partial charge in [-0.2, -0.15) is 0 Å². The maximum atomic E-state index is 12.6. The summed E-state index contributed by atoms with van der Waals surface area (Å²) in [7, 11) is -1.89. The fraction of sp³-hybridized carbons (Fsp3) is 0.600. The van der Waals surface area contributed by atoms with Crippen molar-refractivity contribution in [2.75, 3.05) is 13.6 Å². The van der Waals surface area contributed by atoms with Gasteiger partial charge < -0.3 is 5.11 Å². The summed E-state index contributed by atoms with van der Waals surface area (Å²) in [5.74, 6) is 0.458. The summed E-state index contributed by atoms with van der Waals surface area (Å²) in [6, 6.07) is 3.39. The second-order valence-corrected chi connectivity index (χ2v) is 7.72. The molecule has 5 heteroatoms. The minimum atomic E-state index is -3.50. The van der Waals surface area contributed by atoms with E-state index in [9.17, 15) is 13.5 Å². The van der Waals surface area contributed by atoms with Gasteiger partial charge in [0.05, 0.1) is 11.5 Å². The van der Waals surface area contributed by atoms with Crippen molar-refractivity contribution in [1.82, 2.24) is 4.31 Å². The third-order valence-electron chi connectivity index (χ3n) is 3.57. The van der Waals surface area contributed by atoms with Crippen LogP contribution in [-0.4, -0.2) is 31.4 Å². The van der Waals surface area contributed by atoms with E-state index in [-0.39, 0.29) is 6.61 Å². The lowest BCUT2D eigenvalue weighted by molar-refractivity contribution is 0.281. The predicted octanol–water partition coefficient (Wildman–Crippen LogP) is 2.46. The van der Waals surface area contributed by atoms with Gasteiger partial charge in [-0.15, -0.1) is 0 Å². The van der Waals surface area contributed by atoms with Gasteiger partial charge >= 0.3 is 0 Å². The quantitative estimate of drug-likeness (QED) is 0.878. The van der Waals surface area contributed by atoms with Crippen LogP contribution in [0, 0.1) is 19.8 Å². The molecule has 0 amide bonds. The highest BCUT2D eigenvalue weighted by Gasteiger charge is 2.24. The molecule has 1 aromatic rings. The molecule has 0 aliphatic carbocycles. The van der Waals surface area contributed by atoms with Crippen LogP contribution >= 0.6 is 0 Å². The average molecular weight is 299 g/mol. The van der Waals surface area contributed by atoms with E-state index >= 15 is 0 Å². The molecular weight excluding hydrogens is 274 g/mol. The summed E-state index contributed by atoms with van der Waals surface area (Å²) in [6.45, 7) is 8.16. The minimum absolute atomic E-state index is 0.153. The van der Waals surface area contributed by atoms with E-state index in [1.165, 1.54) is 4.31 Å². The van der Waals surface area contributed by atoms with Crippen LogP contribution in [0.15, 0.2) is 17.0 Å². The summed E-state index contributed by atoms with van der Waals surface area (Å²) in [6.07, 6.45) is 0.827. The van der Waals surface area contributed by atoms with Crippen LogP contribution in [-0.2, 0) is 16.6 Å². The van der Waals surface area contributed by atoms with Crippen LogP contribution in [0.5, 0.6) is 0 Å². The predicted molar refractivity (Wildman–Crippen MR) is 81.1 cm³/mol. The number of benzene rings is 1. The molecule has 0 saturated heterocycles. The summed E-state index contributed by atoms with van der Waals surface area (Å²) in [5.41, 5.74) is 2.26. The Morgan fingerprint density at radius 1 is 1.25 bits per heavy atom. The van der Waals surface area contributed by atoms with Gasteiger partial charge in [0, 0.05) is 13.6 Å². The highest BCUT2D eigenvalue weighted by atomic mass is 32.2. The molecule has 1 rings (SSSR count). The second-order valence-electron chi connectivity index (χ2n) is 5.70. The zero-order valence-corrected chi connectivity index (χ0v) is 13.8. The van der Waals surface area contributed by atoms with Crippen LogP contribution < -0.4 is 0 Å². The number of aryl methyl sites for hydroxylation is 1. The van der Waals surface area contributed by atoms with E-state index in [1.807, 2.05) is 13.0 Å². The standard InChI is InChI=1S/C15H25NO3S/c1-11(2)6-7-16(5)20(18,19)15-9-14(10-17)8-12(3)13(15)4/h8-9,11,17H,6-7,10H2,1-5H3. The third kappa shape index (κ3) is 3.81. The maximum absolute atomic E-state index is 12.6. The average Bonchev–Trinajstić information content (AvgIpc) is 2.38. The van der Waals surface area contributed by atoms with Gasteiger partial charge in [0.15, 0.2) is 0 Å². The van der Waals surface area contributed by atoms with Crippen molar-refractivity contribution in [2.45, 2.75) is 45.6 Å². The first-order valence-electron chi connectivity index (χ1n) is 6.87. The van der Waals surface area contributed by atoms with Crippen LogP contribution in [0.1, 0.15) is 37.0 Å². The van der Waals surface area contributed by atoms with E-state index in [0.29, 0.717) is 22.9 Å². The Morgan fingerprint density at radius 2 is 1.85 bits per heavy atom. The molecule has 0 bridgehead atoms. The van der Waals surface area contributed by atoms with Gasteiger partial charge in [-0.1, -0.05) is 19.9 Å². The largest absolute Gasteiger partial charge is 0.392 e. The van der Waals surface area contributed by atoms with Crippen LogP contribution in [0.3, 0.4) is 0 Å². The Kier molecular flexibility index (Phi) is 5.74. The molecule has 20 heavy (non-hydrogen) atoms. The van der Waals surface area contributed by atoms with Gasteiger partial charge in [-0.05, 0) is 48.9 Å². The molecule has 0 radical (unpaired) electrons. The number of hydrogen-bond acceptors (Lipinski definition) is 3. The number of sulfonamides is 1. The van der Waals surface area contributed by atoms with Crippen molar-refractivity contribution >= 4 is 10.0 Å². The number of nitrogens with zero attached hydrogens (tertiary/aromatic N) is 1. The molecule has 0 atom stereocenters. The third-order valence-corrected chi connectivity index (χ3v) is 5.55. The van der Waals surface area contributed by atoms with Crippen LogP contribution in [0.2, 0.25) is 0 Å². The van der Waals surface area contributed by atoms with E-state index in [0.717, 1.165) is 17.5 Å². The monoisotopic (exact) mass is 299 g/mol. The Labute approximate surface area is 122 Å². The summed E-state index contributed by atoms with van der Waals surface area (Å²) in [5, 5.41) is 9.25. The Bertz CT molecular complexity index is 565. The molecule has 0 unspecified atom stereocenters. The Hall–Kier alpha value is -0.910. The molecule has 0 fully saturated rings. The summed E-state index contributed by atoms with van der Waals surface area (Å²) in [4.78, 5) is 0.299. The smallest absolute Gasteiger partial charge is 0.243 e. The fourth-order valence-electron chi connectivity index (χ4n) is 1.99. The topological polar surface area (TPSA) is 57.6 Å². The van der Waals surface area contributed by atoms with Gasteiger partial charge in [-0.25, -0.2) is 12.7 Å². The van der Waals surface area contributed by atoms with E-state index < -0.39 is 10.0 Å². The molecule has 0 heterocycles. The van der Waals surface area contributed by atoms with Crippen molar-refractivity contribution < 1.29 is 13.5 Å². The van der Waals surface area contributed by atoms with Gasteiger partial charge in [0.2, 0.25) is 10.0 Å². The normalized spacial score (nSPS) is 12.4. The van der Waals surface area contributed by atoms with Gasteiger partial charge in [-0.3, -0.25) is 0 Å². The maximum Gasteiger partial charge on any atom is 0.243 e. The molecule has 1 aromatic carbocycles. The van der Waals surface area contributed by atoms with Crippen molar-refractivity contribution in [2.24, 2.45) is 5.92 Å². The number of hydrogen-bond donors (Lipinski definition) is 1. The molecule has 0 saturated carbocycles. The SMILES string of the molecule is Cc1cc(CO)cc(S(=O)(=O)N(C)CCC(C)C)c1C. The lowest BCUT2D eigenvalue weighted by atomic mass is 10.1. The van der Waals surface area contributed by atoms with E-state index in [1.54, 1.807) is 20.0 Å². The fourth-order valence-corrected chi connectivity index (χ4v) is 3.52. The zero-order chi connectivity index (χ0) is 15.5. The van der Waals surface area contributed by atoms with Crippen molar-refractivity contribution in [3.63, 3.8) is 0 Å². The lowest BCUT2D eigenvalue weighted by Gasteiger charge is -2.20. The first-order chi connectivity index (χ1) is 9.20. The number of aliphatic hydroxyl groups is 1. The van der Waals surface area contributed by atoms with E-state index in [4.69, 9.17) is 0 Å².